The summed E-state index contributed by atoms with van der Waals surface area (Å²) in [5.74, 6) is -0.336. The number of amides is 2. The summed E-state index contributed by atoms with van der Waals surface area (Å²) < 4.78 is 5.51. The largest absolute Gasteiger partial charge is 0.445 e. The lowest BCUT2D eigenvalue weighted by Crippen LogP contribution is -2.47. The molecule has 1 N–H and O–H groups in total. The summed E-state index contributed by atoms with van der Waals surface area (Å²) in [5.41, 5.74) is 3.59. The summed E-state index contributed by atoms with van der Waals surface area (Å²) in [6, 6.07) is 16.5. The fourth-order valence-electron chi connectivity index (χ4n) is 3.76. The van der Waals surface area contributed by atoms with E-state index in [1.54, 1.807) is 0 Å². The van der Waals surface area contributed by atoms with Crippen LogP contribution in [0.2, 0.25) is 0 Å². The number of H-pyrrole nitrogens is 1. The van der Waals surface area contributed by atoms with E-state index in [1.807, 2.05) is 54.6 Å². The Morgan fingerprint density at radius 2 is 1.86 bits per heavy atom. The van der Waals surface area contributed by atoms with Gasteiger partial charge in [-0.2, -0.15) is 0 Å². The van der Waals surface area contributed by atoms with E-state index in [-0.39, 0.29) is 12.5 Å². The molecular formula is C22H23N3O4. The summed E-state index contributed by atoms with van der Waals surface area (Å²) in [7, 11) is 2.96. The molecule has 0 bridgehead atoms. The normalized spacial score (nSPS) is 15.8. The van der Waals surface area contributed by atoms with Gasteiger partial charge in [0.05, 0.1) is 12.8 Å². The fourth-order valence-corrected chi connectivity index (χ4v) is 3.76. The highest BCUT2D eigenvalue weighted by molar-refractivity contribution is 5.92. The van der Waals surface area contributed by atoms with Gasteiger partial charge in [-0.1, -0.05) is 48.5 Å². The van der Waals surface area contributed by atoms with Crippen molar-refractivity contribution in [2.45, 2.75) is 19.1 Å². The van der Waals surface area contributed by atoms with Crippen molar-refractivity contribution < 1.29 is 19.2 Å². The molecule has 3 aromatic rings. The Hall–Kier alpha value is -3.32. The summed E-state index contributed by atoms with van der Waals surface area (Å²) in [6.07, 6.45) is 0.112. The SMILES string of the molecule is CON(C)C(=O)C1c2[nH]c3ccccc3c2CCN1C(=O)OCc1ccccc1. The number of hydrogen-bond acceptors (Lipinski definition) is 4. The third kappa shape index (κ3) is 3.56. The minimum absolute atomic E-state index is 0.150. The van der Waals surface area contributed by atoms with Crippen LogP contribution in [0.3, 0.4) is 0 Å². The van der Waals surface area contributed by atoms with Gasteiger partial charge < -0.3 is 9.72 Å². The molecule has 2 heterocycles. The number of hydrogen-bond donors (Lipinski definition) is 1. The predicted octanol–water partition coefficient (Wildman–Crippen LogP) is 3.42. The molecule has 1 aliphatic rings. The smallest absolute Gasteiger partial charge is 0.411 e. The van der Waals surface area contributed by atoms with E-state index in [0.717, 1.165) is 27.1 Å². The molecule has 0 aliphatic carbocycles. The van der Waals surface area contributed by atoms with Crippen molar-refractivity contribution in [2.75, 3.05) is 20.7 Å². The van der Waals surface area contributed by atoms with Crippen LogP contribution in [0.5, 0.6) is 0 Å². The van der Waals surface area contributed by atoms with Crippen LogP contribution in [-0.2, 0) is 27.4 Å². The van der Waals surface area contributed by atoms with Crippen molar-refractivity contribution in [3.8, 4) is 0 Å². The van der Waals surface area contributed by atoms with Crippen LogP contribution < -0.4 is 0 Å². The number of ether oxygens (including phenoxy) is 1. The number of para-hydroxylation sites is 1. The summed E-state index contributed by atoms with van der Waals surface area (Å²) >= 11 is 0. The Kier molecular flexibility index (Phi) is 5.22. The van der Waals surface area contributed by atoms with Gasteiger partial charge in [-0.25, -0.2) is 9.86 Å². The number of nitrogens with one attached hydrogen (secondary N) is 1. The molecule has 2 amide bonds. The zero-order valence-electron chi connectivity index (χ0n) is 16.4. The van der Waals surface area contributed by atoms with Crippen molar-refractivity contribution in [2.24, 2.45) is 0 Å². The number of aromatic amines is 1. The number of rotatable bonds is 4. The summed E-state index contributed by atoms with van der Waals surface area (Å²) in [5, 5.41) is 2.21. The maximum absolute atomic E-state index is 13.1. The van der Waals surface area contributed by atoms with Gasteiger partial charge >= 0.3 is 6.09 Å². The molecule has 0 saturated heterocycles. The van der Waals surface area contributed by atoms with Crippen LogP contribution in [0.25, 0.3) is 10.9 Å². The van der Waals surface area contributed by atoms with Crippen LogP contribution in [0.4, 0.5) is 4.79 Å². The molecule has 1 unspecified atom stereocenters. The van der Waals surface area contributed by atoms with E-state index in [1.165, 1.54) is 19.1 Å². The number of aromatic nitrogens is 1. The molecule has 1 atom stereocenters. The van der Waals surface area contributed by atoms with Crippen molar-refractivity contribution in [3.05, 3.63) is 71.4 Å². The number of nitrogens with zero attached hydrogens (tertiary/aromatic N) is 2. The zero-order valence-corrected chi connectivity index (χ0v) is 16.4. The lowest BCUT2D eigenvalue weighted by atomic mass is 9.97. The van der Waals surface area contributed by atoms with Gasteiger partial charge in [0.1, 0.15) is 6.61 Å². The topological polar surface area (TPSA) is 74.9 Å². The maximum Gasteiger partial charge on any atom is 0.411 e. The second kappa shape index (κ2) is 7.97. The second-order valence-corrected chi connectivity index (χ2v) is 6.97. The number of benzene rings is 2. The van der Waals surface area contributed by atoms with Crippen molar-refractivity contribution in [3.63, 3.8) is 0 Å². The summed E-state index contributed by atoms with van der Waals surface area (Å²) in [4.78, 5) is 35.9. The number of fused-ring (bicyclic) bond motifs is 3. The Bertz CT molecular complexity index is 1030. The lowest BCUT2D eigenvalue weighted by molar-refractivity contribution is -0.174. The number of hydroxylamine groups is 2. The van der Waals surface area contributed by atoms with E-state index in [9.17, 15) is 9.59 Å². The Morgan fingerprint density at radius 1 is 1.14 bits per heavy atom. The van der Waals surface area contributed by atoms with Gasteiger partial charge in [0, 0.05) is 24.5 Å². The predicted molar refractivity (Wildman–Crippen MR) is 108 cm³/mol. The Labute approximate surface area is 168 Å². The highest BCUT2D eigenvalue weighted by atomic mass is 16.7. The third-order valence-electron chi connectivity index (χ3n) is 5.29. The van der Waals surface area contributed by atoms with E-state index < -0.39 is 12.1 Å². The van der Waals surface area contributed by atoms with E-state index in [0.29, 0.717) is 18.7 Å². The third-order valence-corrected chi connectivity index (χ3v) is 5.29. The standard InChI is InChI=1S/C22H23N3O4/c1-24(28-2)21(26)20-19-17(16-10-6-7-11-18(16)23-19)12-13-25(20)22(27)29-14-15-8-4-3-5-9-15/h3-11,20,23H,12-14H2,1-2H3. The van der Waals surface area contributed by atoms with Crippen molar-refractivity contribution >= 4 is 22.9 Å². The van der Waals surface area contributed by atoms with E-state index >= 15 is 0 Å². The molecule has 0 saturated carbocycles. The minimum atomic E-state index is -0.834. The molecule has 1 aromatic heterocycles. The molecular weight excluding hydrogens is 370 g/mol. The van der Waals surface area contributed by atoms with Gasteiger partial charge in [-0.15, -0.1) is 0 Å². The van der Waals surface area contributed by atoms with Crippen LogP contribution in [-0.4, -0.2) is 47.6 Å². The second-order valence-electron chi connectivity index (χ2n) is 6.97. The van der Waals surface area contributed by atoms with Gasteiger partial charge in [-0.3, -0.25) is 14.5 Å². The number of carbonyl (C=O) groups is 2. The molecule has 0 radical (unpaired) electrons. The first-order valence-electron chi connectivity index (χ1n) is 9.48. The van der Waals surface area contributed by atoms with Gasteiger partial charge in [0.15, 0.2) is 6.04 Å². The molecule has 0 fully saturated rings. The monoisotopic (exact) mass is 393 g/mol. The summed E-state index contributed by atoms with van der Waals surface area (Å²) in [6.45, 7) is 0.535. The molecule has 7 heteroatoms. The zero-order chi connectivity index (χ0) is 20.4. The Balaban J connectivity index is 1.65. The first kappa shape index (κ1) is 19.0. The van der Waals surface area contributed by atoms with Gasteiger partial charge in [0.2, 0.25) is 0 Å². The van der Waals surface area contributed by atoms with Crippen LogP contribution in [0.1, 0.15) is 22.9 Å². The molecule has 0 spiro atoms. The number of carbonyl (C=O) groups excluding carboxylic acids is 2. The first-order chi connectivity index (χ1) is 14.1. The van der Waals surface area contributed by atoms with Crippen molar-refractivity contribution in [1.82, 2.24) is 14.9 Å². The van der Waals surface area contributed by atoms with Gasteiger partial charge in [-0.05, 0) is 23.6 Å². The first-order valence-corrected chi connectivity index (χ1v) is 9.48. The maximum atomic E-state index is 13.1. The van der Waals surface area contributed by atoms with Crippen LogP contribution >= 0.6 is 0 Å². The molecule has 150 valence electrons. The van der Waals surface area contributed by atoms with Crippen LogP contribution in [0, 0.1) is 0 Å². The average Bonchev–Trinajstić information content (AvgIpc) is 3.15. The molecule has 4 rings (SSSR count). The molecule has 7 nitrogen and oxygen atoms in total. The van der Waals surface area contributed by atoms with E-state index in [4.69, 9.17) is 9.57 Å². The lowest BCUT2D eigenvalue weighted by Gasteiger charge is -2.35. The fraction of sp³-hybridized carbons (Fsp3) is 0.273. The number of likely N-dealkylation sites (N-methyl/N-ethyl adjacent to an activating group) is 1. The Morgan fingerprint density at radius 3 is 2.62 bits per heavy atom. The van der Waals surface area contributed by atoms with Gasteiger partial charge in [0.25, 0.3) is 5.91 Å². The highest BCUT2D eigenvalue weighted by Crippen LogP contribution is 2.36. The van der Waals surface area contributed by atoms with Crippen LogP contribution in [0.15, 0.2) is 54.6 Å². The van der Waals surface area contributed by atoms with E-state index in [2.05, 4.69) is 4.98 Å². The quantitative estimate of drug-likeness (QED) is 0.689. The molecule has 1 aliphatic heterocycles. The molecule has 29 heavy (non-hydrogen) atoms. The minimum Gasteiger partial charge on any atom is -0.445 e. The average molecular weight is 393 g/mol. The van der Waals surface area contributed by atoms with Crippen molar-refractivity contribution in [1.29, 1.82) is 0 Å². The molecule has 2 aromatic carbocycles. The highest BCUT2D eigenvalue weighted by Gasteiger charge is 2.40.